The number of likely N-dealkylation sites (N-methyl/N-ethyl adjacent to an activating group) is 1. The molecule has 1 atom stereocenters. The molecule has 1 aliphatic carbocycles. The Balaban J connectivity index is 1.51. The van der Waals surface area contributed by atoms with E-state index in [4.69, 9.17) is 9.47 Å². The van der Waals surface area contributed by atoms with E-state index in [1.54, 1.807) is 7.11 Å². The van der Waals surface area contributed by atoms with Crippen molar-refractivity contribution in [2.45, 2.75) is 64.6 Å². The van der Waals surface area contributed by atoms with Gasteiger partial charge >= 0.3 is 0 Å². The molecule has 1 heterocycles. The van der Waals surface area contributed by atoms with Gasteiger partial charge in [0, 0.05) is 32.2 Å². The van der Waals surface area contributed by atoms with Gasteiger partial charge in [-0.15, -0.1) is 0 Å². The molecular weight excluding hydrogens is 390 g/mol. The van der Waals surface area contributed by atoms with Gasteiger partial charge in [0.15, 0.2) is 11.5 Å². The van der Waals surface area contributed by atoms with Gasteiger partial charge in [-0.1, -0.05) is 32.8 Å². The Morgan fingerprint density at radius 2 is 1.81 bits per heavy atom. The van der Waals surface area contributed by atoms with E-state index in [0.717, 1.165) is 44.5 Å². The number of hydrogen-bond donors (Lipinski definition) is 1. The first-order chi connectivity index (χ1) is 15.1. The molecule has 2 fully saturated rings. The molecular formula is C25H43N3O3. The van der Waals surface area contributed by atoms with Crippen LogP contribution in [0.2, 0.25) is 0 Å². The van der Waals surface area contributed by atoms with Gasteiger partial charge in [0.1, 0.15) is 12.7 Å². The zero-order valence-electron chi connectivity index (χ0n) is 19.9. The lowest BCUT2D eigenvalue weighted by Gasteiger charge is -2.27. The third-order valence-electron chi connectivity index (χ3n) is 6.89. The fraction of sp³-hybridized carbons (Fsp3) is 0.760. The van der Waals surface area contributed by atoms with Gasteiger partial charge < -0.3 is 19.5 Å². The molecule has 1 aromatic carbocycles. The van der Waals surface area contributed by atoms with Crippen LogP contribution in [0.4, 0.5) is 0 Å². The molecule has 176 valence electrons. The van der Waals surface area contributed by atoms with Crippen LogP contribution in [0.15, 0.2) is 18.2 Å². The summed E-state index contributed by atoms with van der Waals surface area (Å²) in [7, 11) is 1.68. The minimum absolute atomic E-state index is 0.273. The molecule has 0 aromatic heterocycles. The highest BCUT2D eigenvalue weighted by Crippen LogP contribution is 2.29. The second-order valence-corrected chi connectivity index (χ2v) is 9.04. The van der Waals surface area contributed by atoms with Crippen molar-refractivity contribution >= 4 is 0 Å². The fourth-order valence-corrected chi connectivity index (χ4v) is 4.99. The summed E-state index contributed by atoms with van der Waals surface area (Å²) in [5.74, 6) is 1.45. The highest BCUT2D eigenvalue weighted by atomic mass is 16.5. The van der Waals surface area contributed by atoms with Gasteiger partial charge in [0.2, 0.25) is 0 Å². The molecule has 1 saturated heterocycles. The van der Waals surface area contributed by atoms with Crippen LogP contribution in [0, 0.1) is 0 Å². The van der Waals surface area contributed by atoms with Gasteiger partial charge in [-0.25, -0.2) is 0 Å². The molecule has 0 amide bonds. The SMILES string of the molecule is CCN(CC)CC(O)COc1ccc(CN2CCCN(C3CCCC3)CC2)cc1OC. The largest absolute Gasteiger partial charge is 0.493 e. The smallest absolute Gasteiger partial charge is 0.161 e. The van der Waals surface area contributed by atoms with Gasteiger partial charge in [-0.3, -0.25) is 9.80 Å². The first kappa shape index (κ1) is 24.3. The zero-order chi connectivity index (χ0) is 22.1. The van der Waals surface area contributed by atoms with Crippen molar-refractivity contribution in [2.75, 3.05) is 59.5 Å². The Morgan fingerprint density at radius 1 is 1.03 bits per heavy atom. The van der Waals surface area contributed by atoms with Crippen LogP contribution in [0.3, 0.4) is 0 Å². The summed E-state index contributed by atoms with van der Waals surface area (Å²) in [6.07, 6.45) is 6.34. The Hall–Kier alpha value is -1.34. The lowest BCUT2D eigenvalue weighted by molar-refractivity contribution is 0.0705. The van der Waals surface area contributed by atoms with Gasteiger partial charge in [-0.2, -0.15) is 0 Å². The number of methoxy groups -OCH3 is 1. The minimum Gasteiger partial charge on any atom is -0.493 e. The fourth-order valence-electron chi connectivity index (χ4n) is 4.99. The second kappa shape index (κ2) is 12.6. The van der Waals surface area contributed by atoms with Crippen LogP contribution in [-0.4, -0.2) is 91.5 Å². The molecule has 1 N–H and O–H groups in total. The average Bonchev–Trinajstić information content (AvgIpc) is 3.23. The Morgan fingerprint density at radius 3 is 2.52 bits per heavy atom. The van der Waals surface area contributed by atoms with Crippen molar-refractivity contribution in [3.8, 4) is 11.5 Å². The number of rotatable bonds is 11. The summed E-state index contributed by atoms with van der Waals surface area (Å²) in [5.41, 5.74) is 1.25. The van der Waals surface area contributed by atoms with Crippen LogP contribution in [0.1, 0.15) is 51.5 Å². The van der Waals surface area contributed by atoms with Gasteiger partial charge in [-0.05, 0) is 63.1 Å². The standard InChI is InChI=1S/C25H43N3O3/c1-4-26(5-2)19-23(29)20-31-24-12-11-21(17-25(24)30-3)18-27-13-8-14-28(16-15-27)22-9-6-7-10-22/h11-12,17,22-23,29H,4-10,13-16,18-20H2,1-3H3. The highest BCUT2D eigenvalue weighted by Gasteiger charge is 2.24. The summed E-state index contributed by atoms with van der Waals surface area (Å²) in [6.45, 7) is 12.6. The van der Waals surface area contributed by atoms with Crippen LogP contribution in [-0.2, 0) is 6.54 Å². The van der Waals surface area contributed by atoms with E-state index < -0.39 is 6.10 Å². The maximum absolute atomic E-state index is 10.3. The van der Waals surface area contributed by atoms with E-state index in [1.165, 1.54) is 50.8 Å². The Kier molecular flexibility index (Phi) is 9.91. The quantitative estimate of drug-likeness (QED) is 0.578. The molecule has 2 aliphatic rings. The molecule has 0 bridgehead atoms. The summed E-state index contributed by atoms with van der Waals surface area (Å²) >= 11 is 0. The van der Waals surface area contributed by atoms with Crippen LogP contribution in [0.25, 0.3) is 0 Å². The van der Waals surface area contributed by atoms with E-state index in [0.29, 0.717) is 12.3 Å². The van der Waals surface area contributed by atoms with Crippen molar-refractivity contribution in [3.05, 3.63) is 23.8 Å². The normalized spacial score (nSPS) is 20.2. The molecule has 0 radical (unpaired) electrons. The predicted molar refractivity (Wildman–Crippen MR) is 126 cm³/mol. The van der Waals surface area contributed by atoms with Crippen molar-refractivity contribution in [1.29, 1.82) is 0 Å². The zero-order valence-corrected chi connectivity index (χ0v) is 19.9. The third kappa shape index (κ3) is 7.35. The third-order valence-corrected chi connectivity index (χ3v) is 6.89. The van der Waals surface area contributed by atoms with Gasteiger partial charge in [0.05, 0.1) is 7.11 Å². The monoisotopic (exact) mass is 433 g/mol. The van der Waals surface area contributed by atoms with Gasteiger partial charge in [0.25, 0.3) is 0 Å². The first-order valence-corrected chi connectivity index (χ1v) is 12.3. The maximum atomic E-state index is 10.3. The Labute approximate surface area is 189 Å². The average molecular weight is 434 g/mol. The molecule has 1 saturated carbocycles. The van der Waals surface area contributed by atoms with Crippen molar-refractivity contribution in [3.63, 3.8) is 0 Å². The lowest BCUT2D eigenvalue weighted by atomic mass is 10.2. The van der Waals surface area contributed by atoms with Crippen molar-refractivity contribution in [1.82, 2.24) is 14.7 Å². The number of hydrogen-bond acceptors (Lipinski definition) is 6. The van der Waals surface area contributed by atoms with Crippen molar-refractivity contribution < 1.29 is 14.6 Å². The Bertz CT molecular complexity index is 647. The molecule has 31 heavy (non-hydrogen) atoms. The number of aliphatic hydroxyl groups excluding tert-OH is 1. The second-order valence-electron chi connectivity index (χ2n) is 9.04. The molecule has 0 spiro atoms. The predicted octanol–water partition coefficient (Wildman–Crippen LogP) is 3.23. The van der Waals surface area contributed by atoms with Crippen molar-refractivity contribution in [2.24, 2.45) is 0 Å². The lowest BCUT2D eigenvalue weighted by Crippen LogP contribution is -2.36. The maximum Gasteiger partial charge on any atom is 0.161 e. The molecule has 3 rings (SSSR count). The number of ether oxygens (including phenoxy) is 2. The molecule has 6 heteroatoms. The highest BCUT2D eigenvalue weighted by molar-refractivity contribution is 5.43. The number of nitrogens with zero attached hydrogens (tertiary/aromatic N) is 3. The summed E-state index contributed by atoms with van der Waals surface area (Å²) < 4.78 is 11.5. The van der Waals surface area contributed by atoms with E-state index in [1.807, 2.05) is 6.07 Å². The van der Waals surface area contributed by atoms with Crippen LogP contribution < -0.4 is 9.47 Å². The molecule has 6 nitrogen and oxygen atoms in total. The molecule has 1 aliphatic heterocycles. The number of aliphatic hydroxyl groups is 1. The van der Waals surface area contributed by atoms with E-state index >= 15 is 0 Å². The van der Waals surface area contributed by atoms with E-state index in [-0.39, 0.29) is 6.61 Å². The first-order valence-electron chi connectivity index (χ1n) is 12.3. The number of benzene rings is 1. The topological polar surface area (TPSA) is 48.4 Å². The van der Waals surface area contributed by atoms with E-state index in [9.17, 15) is 5.11 Å². The van der Waals surface area contributed by atoms with E-state index in [2.05, 4.69) is 40.7 Å². The minimum atomic E-state index is -0.510. The summed E-state index contributed by atoms with van der Waals surface area (Å²) in [4.78, 5) is 7.50. The van der Waals surface area contributed by atoms with Crippen LogP contribution in [0.5, 0.6) is 11.5 Å². The summed E-state index contributed by atoms with van der Waals surface area (Å²) in [5, 5.41) is 10.3. The molecule has 1 aromatic rings. The summed E-state index contributed by atoms with van der Waals surface area (Å²) in [6, 6.07) is 7.04. The van der Waals surface area contributed by atoms with Crippen LogP contribution >= 0.6 is 0 Å². The molecule has 1 unspecified atom stereocenters.